The summed E-state index contributed by atoms with van der Waals surface area (Å²) in [4.78, 5) is 9.97. The van der Waals surface area contributed by atoms with E-state index in [0.717, 1.165) is 0 Å². The van der Waals surface area contributed by atoms with Crippen molar-refractivity contribution in [3.8, 4) is 17.6 Å². The first kappa shape index (κ1) is 26.3. The van der Waals surface area contributed by atoms with Gasteiger partial charge in [-0.3, -0.25) is 0 Å². The second-order valence-electron chi connectivity index (χ2n) is 6.57. The lowest BCUT2D eigenvalue weighted by molar-refractivity contribution is -0.138. The Morgan fingerprint density at radius 3 is 2.47 bits per heavy atom. The predicted octanol–water partition coefficient (Wildman–Crippen LogP) is 4.91. The third-order valence-corrected chi connectivity index (χ3v) is 8.70. The van der Waals surface area contributed by atoms with Crippen LogP contribution >= 0.6 is 30.5 Å². The molecule has 2 N–H and O–H groups in total. The van der Waals surface area contributed by atoms with Crippen LogP contribution in [-0.4, -0.2) is 32.1 Å². The summed E-state index contributed by atoms with van der Waals surface area (Å²) >= 11 is 5.79. The van der Waals surface area contributed by atoms with E-state index in [4.69, 9.17) is 20.9 Å². The number of hydrogen-bond donors (Lipinski definition) is 2. The Morgan fingerprint density at radius 2 is 1.88 bits per heavy atom. The smallest absolute Gasteiger partial charge is 0.419 e. The molecule has 0 aliphatic carbocycles. The monoisotopic (exact) mass is 554 g/mol. The molecule has 0 aliphatic heterocycles. The number of nitrogens with one attached hydrogen (secondary N) is 1. The molecule has 0 fully saturated rings. The zero-order chi connectivity index (χ0) is 25.1. The summed E-state index contributed by atoms with van der Waals surface area (Å²) in [6.45, 7) is -0.0901. The van der Waals surface area contributed by atoms with Gasteiger partial charge in [0.05, 0.1) is 11.4 Å². The fourth-order valence-corrected chi connectivity index (χ4v) is 7.28. The van der Waals surface area contributed by atoms with Crippen molar-refractivity contribution < 1.29 is 40.3 Å². The molecule has 34 heavy (non-hydrogen) atoms. The van der Waals surface area contributed by atoms with Gasteiger partial charge in [0.15, 0.2) is 0 Å². The molecule has 3 rings (SSSR count). The van der Waals surface area contributed by atoms with Crippen LogP contribution in [0.2, 0.25) is 0 Å². The van der Waals surface area contributed by atoms with Crippen LogP contribution in [0.3, 0.4) is 0 Å². The SMILES string of the molecule is N#Cc1c(OCCCl)ccc2sc(S(=O)(=O)NCP(=O)(O)Oc3ccccc3)c(C(F)(F)F)c12. The number of thiophene rings is 1. The highest BCUT2D eigenvalue weighted by atomic mass is 35.5. The van der Waals surface area contributed by atoms with Crippen molar-refractivity contribution in [1.29, 1.82) is 5.26 Å². The Morgan fingerprint density at radius 1 is 1.21 bits per heavy atom. The minimum absolute atomic E-state index is 0.00842. The normalized spacial score (nSPS) is 13.9. The Bertz CT molecular complexity index is 1390. The van der Waals surface area contributed by atoms with Gasteiger partial charge in [-0.25, -0.2) is 13.0 Å². The third-order valence-electron chi connectivity index (χ3n) is 4.21. The summed E-state index contributed by atoms with van der Waals surface area (Å²) in [6.07, 6.45) is -6.37. The van der Waals surface area contributed by atoms with Crippen LogP contribution < -0.4 is 14.0 Å². The second kappa shape index (κ2) is 10.1. The summed E-state index contributed by atoms with van der Waals surface area (Å²) in [5.41, 5.74) is -2.09. The van der Waals surface area contributed by atoms with Gasteiger partial charge >= 0.3 is 13.8 Å². The highest BCUT2D eigenvalue weighted by Crippen LogP contribution is 2.48. The topological polar surface area (TPSA) is 126 Å². The standard InChI is InChI=1S/C19H15ClF3N2O6PS2/c20-8-9-30-14-6-7-15-16(13(14)10-24)17(19(21,22)23)18(33-15)34(28,29)25-11-32(26,27)31-12-4-2-1-3-5-12/h1-7,25H,8-9,11H2,(H,26,27). The van der Waals surface area contributed by atoms with E-state index in [1.807, 2.05) is 0 Å². The highest BCUT2D eigenvalue weighted by molar-refractivity contribution is 7.92. The molecule has 8 nitrogen and oxygen atoms in total. The number of fused-ring (bicyclic) bond motifs is 1. The number of halogens is 4. The molecule has 0 saturated carbocycles. The van der Waals surface area contributed by atoms with E-state index in [1.54, 1.807) is 16.9 Å². The number of nitriles is 1. The average molecular weight is 555 g/mol. The first-order valence-electron chi connectivity index (χ1n) is 9.21. The van der Waals surface area contributed by atoms with Gasteiger partial charge in [-0.15, -0.1) is 22.9 Å². The molecular weight excluding hydrogens is 540 g/mol. The van der Waals surface area contributed by atoms with E-state index in [9.17, 15) is 36.3 Å². The number of alkyl halides is 4. The van der Waals surface area contributed by atoms with Crippen LogP contribution in [0.15, 0.2) is 46.7 Å². The summed E-state index contributed by atoms with van der Waals surface area (Å²) in [6, 6.07) is 11.4. The molecule has 1 aromatic heterocycles. The molecule has 1 heterocycles. The first-order valence-corrected chi connectivity index (χ1v) is 13.8. The number of nitrogens with zero attached hydrogens (tertiary/aromatic N) is 1. The number of ether oxygens (including phenoxy) is 1. The third kappa shape index (κ3) is 5.83. The zero-order valence-corrected chi connectivity index (χ0v) is 20.2. The van der Waals surface area contributed by atoms with Crippen LogP contribution in [0.25, 0.3) is 10.1 Å². The highest BCUT2D eigenvalue weighted by Gasteiger charge is 2.43. The lowest BCUT2D eigenvalue weighted by Crippen LogP contribution is -2.27. The molecular formula is C19H15ClF3N2O6PS2. The maximum atomic E-state index is 14.0. The van der Waals surface area contributed by atoms with Gasteiger partial charge in [0.25, 0.3) is 10.0 Å². The van der Waals surface area contributed by atoms with Crippen LogP contribution in [0.4, 0.5) is 13.2 Å². The number of para-hydroxylation sites is 1. The van der Waals surface area contributed by atoms with Gasteiger partial charge in [-0.05, 0) is 24.3 Å². The molecule has 0 bridgehead atoms. The van der Waals surface area contributed by atoms with Gasteiger partial charge in [-0.2, -0.15) is 23.2 Å². The molecule has 182 valence electrons. The number of benzene rings is 2. The van der Waals surface area contributed by atoms with E-state index in [0.29, 0.717) is 0 Å². The van der Waals surface area contributed by atoms with E-state index in [1.165, 1.54) is 36.4 Å². The molecule has 0 amide bonds. The maximum absolute atomic E-state index is 14.0. The van der Waals surface area contributed by atoms with Gasteiger partial charge in [0.1, 0.15) is 40.2 Å². The lowest BCUT2D eigenvalue weighted by Gasteiger charge is -2.15. The maximum Gasteiger partial charge on any atom is 0.419 e. The molecule has 0 radical (unpaired) electrons. The fraction of sp³-hybridized carbons (Fsp3) is 0.211. The Labute approximate surface area is 201 Å². The minimum atomic E-state index is -5.18. The van der Waals surface area contributed by atoms with Crippen molar-refractivity contribution in [1.82, 2.24) is 4.72 Å². The predicted molar refractivity (Wildman–Crippen MR) is 120 cm³/mol. The molecule has 15 heteroatoms. The van der Waals surface area contributed by atoms with Crippen LogP contribution in [-0.2, 0) is 20.8 Å². The largest absolute Gasteiger partial charge is 0.491 e. The lowest BCUT2D eigenvalue weighted by atomic mass is 10.1. The van der Waals surface area contributed by atoms with E-state index in [2.05, 4.69) is 0 Å². The van der Waals surface area contributed by atoms with E-state index in [-0.39, 0.29) is 40.0 Å². The molecule has 1 atom stereocenters. The van der Waals surface area contributed by atoms with Gasteiger partial charge in [0.2, 0.25) is 0 Å². The number of rotatable bonds is 9. The first-order chi connectivity index (χ1) is 15.9. The Hall–Kier alpha value is -2.33. The Kier molecular flexibility index (Phi) is 7.82. The fourth-order valence-electron chi connectivity index (χ4n) is 2.89. The van der Waals surface area contributed by atoms with Crippen LogP contribution in [0.5, 0.6) is 11.5 Å². The van der Waals surface area contributed by atoms with Crippen LogP contribution in [0, 0.1) is 11.3 Å². The second-order valence-corrected chi connectivity index (χ2v) is 11.7. The van der Waals surface area contributed by atoms with Crippen molar-refractivity contribution in [2.75, 3.05) is 18.8 Å². The molecule has 1 unspecified atom stereocenters. The molecule has 2 aromatic carbocycles. The summed E-state index contributed by atoms with van der Waals surface area (Å²) in [5, 5.41) is 8.84. The van der Waals surface area contributed by atoms with Gasteiger partial charge in [-0.1, -0.05) is 18.2 Å². The van der Waals surface area contributed by atoms with Crippen molar-refractivity contribution >= 4 is 50.6 Å². The molecule has 0 saturated heterocycles. The summed E-state index contributed by atoms with van der Waals surface area (Å²) in [5.74, 6) is -0.213. The van der Waals surface area contributed by atoms with Crippen molar-refractivity contribution in [3.63, 3.8) is 0 Å². The average Bonchev–Trinajstić information content (AvgIpc) is 3.18. The molecule has 0 spiro atoms. The van der Waals surface area contributed by atoms with E-state index < -0.39 is 50.8 Å². The summed E-state index contributed by atoms with van der Waals surface area (Å²) in [7, 11) is -9.56. The Balaban J connectivity index is 2.04. The van der Waals surface area contributed by atoms with Crippen LogP contribution in [0.1, 0.15) is 11.1 Å². The van der Waals surface area contributed by atoms with Gasteiger partial charge < -0.3 is 14.2 Å². The van der Waals surface area contributed by atoms with Crippen molar-refractivity contribution in [2.45, 2.75) is 10.4 Å². The van der Waals surface area contributed by atoms with Gasteiger partial charge in [0, 0.05) is 10.1 Å². The zero-order valence-electron chi connectivity index (χ0n) is 16.9. The van der Waals surface area contributed by atoms with E-state index >= 15 is 0 Å². The quantitative estimate of drug-likeness (QED) is 0.284. The molecule has 3 aromatic rings. The molecule has 0 aliphatic rings. The number of hydrogen-bond acceptors (Lipinski definition) is 7. The van der Waals surface area contributed by atoms with Crippen molar-refractivity contribution in [3.05, 3.63) is 53.6 Å². The van der Waals surface area contributed by atoms with Crippen molar-refractivity contribution in [2.24, 2.45) is 0 Å². The number of sulfonamides is 1. The minimum Gasteiger partial charge on any atom is -0.491 e. The summed E-state index contributed by atoms with van der Waals surface area (Å²) < 4.78 is 90.4.